The molecule has 0 radical (unpaired) electrons. The molecule has 0 spiro atoms. The van der Waals surface area contributed by atoms with Gasteiger partial charge >= 0.3 is 0 Å². The number of piperidine rings is 1. The SMILES string of the molecule is COCC(=O)N1CCc2[nH]cnc2C1C1CCN(C(=O)COc2ccccc2)CC1. The van der Waals surface area contributed by atoms with Crippen molar-refractivity contribution in [1.82, 2.24) is 19.8 Å². The van der Waals surface area contributed by atoms with Gasteiger partial charge in [-0.3, -0.25) is 9.59 Å². The summed E-state index contributed by atoms with van der Waals surface area (Å²) in [7, 11) is 1.54. The number of rotatable bonds is 6. The average molecular weight is 412 g/mol. The summed E-state index contributed by atoms with van der Waals surface area (Å²) in [6, 6.07) is 9.30. The number of methoxy groups -OCH3 is 1. The number of ether oxygens (including phenoxy) is 2. The van der Waals surface area contributed by atoms with E-state index in [1.165, 1.54) is 0 Å². The number of likely N-dealkylation sites (tertiary alicyclic amines) is 1. The highest BCUT2D eigenvalue weighted by Crippen LogP contribution is 2.38. The fraction of sp³-hybridized carbons (Fsp3) is 0.500. The lowest BCUT2D eigenvalue weighted by Gasteiger charge is -2.42. The summed E-state index contributed by atoms with van der Waals surface area (Å²) in [6.45, 7) is 2.09. The van der Waals surface area contributed by atoms with Gasteiger partial charge in [-0.1, -0.05) is 18.2 Å². The molecule has 1 N–H and O–H groups in total. The van der Waals surface area contributed by atoms with E-state index in [1.54, 1.807) is 13.4 Å². The Morgan fingerprint density at radius 3 is 2.60 bits per heavy atom. The van der Waals surface area contributed by atoms with Crippen LogP contribution in [-0.2, 0) is 20.7 Å². The summed E-state index contributed by atoms with van der Waals surface area (Å²) in [6.07, 6.45) is 4.13. The smallest absolute Gasteiger partial charge is 0.260 e. The number of nitrogens with one attached hydrogen (secondary N) is 1. The van der Waals surface area contributed by atoms with Gasteiger partial charge in [-0.15, -0.1) is 0 Å². The summed E-state index contributed by atoms with van der Waals surface area (Å²) >= 11 is 0. The molecule has 160 valence electrons. The standard InChI is InChI=1S/C22H28N4O4/c1-29-13-20(28)26-12-9-18-21(24-15-23-18)22(26)16-7-10-25(11-8-16)19(27)14-30-17-5-3-2-4-6-17/h2-6,15-16,22H,7-14H2,1H3,(H,23,24). The van der Waals surface area contributed by atoms with Crippen molar-refractivity contribution in [2.75, 3.05) is 40.0 Å². The highest BCUT2D eigenvalue weighted by atomic mass is 16.5. The van der Waals surface area contributed by atoms with Gasteiger partial charge in [0.2, 0.25) is 5.91 Å². The first kappa shape index (κ1) is 20.4. The van der Waals surface area contributed by atoms with Gasteiger partial charge in [-0.25, -0.2) is 4.98 Å². The van der Waals surface area contributed by atoms with E-state index < -0.39 is 0 Å². The van der Waals surface area contributed by atoms with Crippen molar-refractivity contribution >= 4 is 11.8 Å². The van der Waals surface area contributed by atoms with E-state index in [2.05, 4.69) is 9.97 Å². The summed E-state index contributed by atoms with van der Waals surface area (Å²) in [5.41, 5.74) is 2.07. The fourth-order valence-electron chi connectivity index (χ4n) is 4.49. The second-order valence-electron chi connectivity index (χ2n) is 7.80. The number of benzene rings is 1. The highest BCUT2D eigenvalue weighted by molar-refractivity contribution is 5.78. The molecule has 1 atom stereocenters. The van der Waals surface area contributed by atoms with Gasteiger partial charge in [0.25, 0.3) is 5.91 Å². The highest BCUT2D eigenvalue weighted by Gasteiger charge is 2.39. The van der Waals surface area contributed by atoms with Crippen LogP contribution in [0.15, 0.2) is 36.7 Å². The van der Waals surface area contributed by atoms with Crippen molar-refractivity contribution in [2.24, 2.45) is 5.92 Å². The molecule has 1 saturated heterocycles. The maximum absolute atomic E-state index is 12.7. The van der Waals surface area contributed by atoms with Gasteiger partial charge in [0, 0.05) is 38.9 Å². The monoisotopic (exact) mass is 412 g/mol. The fourth-order valence-corrected chi connectivity index (χ4v) is 4.49. The molecule has 2 aliphatic heterocycles. The quantitative estimate of drug-likeness (QED) is 0.782. The normalized spacial score (nSPS) is 19.4. The molecule has 30 heavy (non-hydrogen) atoms. The lowest BCUT2D eigenvalue weighted by molar-refractivity contribution is -0.142. The van der Waals surface area contributed by atoms with Crippen molar-refractivity contribution in [3.05, 3.63) is 48.0 Å². The third kappa shape index (κ3) is 4.33. The van der Waals surface area contributed by atoms with Crippen LogP contribution >= 0.6 is 0 Å². The summed E-state index contributed by atoms with van der Waals surface area (Å²) in [4.78, 5) is 36.7. The topological polar surface area (TPSA) is 87.8 Å². The minimum Gasteiger partial charge on any atom is -0.484 e. The molecule has 2 aromatic rings. The van der Waals surface area contributed by atoms with E-state index in [0.29, 0.717) is 25.4 Å². The molecule has 0 saturated carbocycles. The Hall–Kier alpha value is -2.87. The molecule has 1 aromatic heterocycles. The predicted molar refractivity (Wildman–Crippen MR) is 110 cm³/mol. The molecular formula is C22H28N4O4. The van der Waals surface area contributed by atoms with Crippen molar-refractivity contribution < 1.29 is 19.1 Å². The lowest BCUT2D eigenvalue weighted by atomic mass is 9.83. The van der Waals surface area contributed by atoms with Crippen molar-refractivity contribution in [1.29, 1.82) is 0 Å². The summed E-state index contributed by atoms with van der Waals surface area (Å²) < 4.78 is 10.7. The van der Waals surface area contributed by atoms with Crippen LogP contribution in [0, 0.1) is 5.92 Å². The number of para-hydroxylation sites is 1. The van der Waals surface area contributed by atoms with Gasteiger partial charge in [-0.05, 0) is 30.9 Å². The number of hydrogen-bond donors (Lipinski definition) is 1. The van der Waals surface area contributed by atoms with Crippen LogP contribution in [0.1, 0.15) is 30.3 Å². The second kappa shape index (κ2) is 9.30. The number of aromatic nitrogens is 2. The molecule has 3 heterocycles. The molecule has 8 heteroatoms. The van der Waals surface area contributed by atoms with Crippen molar-refractivity contribution in [2.45, 2.75) is 25.3 Å². The van der Waals surface area contributed by atoms with Crippen molar-refractivity contribution in [3.8, 4) is 5.75 Å². The molecule has 4 rings (SSSR count). The molecule has 1 fully saturated rings. The lowest BCUT2D eigenvalue weighted by Crippen LogP contribution is -2.48. The Labute approximate surface area is 176 Å². The van der Waals surface area contributed by atoms with Gasteiger partial charge in [0.05, 0.1) is 18.1 Å². The maximum atomic E-state index is 12.7. The van der Waals surface area contributed by atoms with Crippen LogP contribution < -0.4 is 4.74 Å². The van der Waals surface area contributed by atoms with E-state index in [4.69, 9.17) is 9.47 Å². The van der Waals surface area contributed by atoms with Gasteiger partial charge in [0.1, 0.15) is 12.4 Å². The Morgan fingerprint density at radius 1 is 1.10 bits per heavy atom. The molecule has 2 amide bonds. The summed E-state index contributed by atoms with van der Waals surface area (Å²) in [5, 5.41) is 0. The number of imidazole rings is 1. The van der Waals surface area contributed by atoms with Gasteiger partial charge in [0.15, 0.2) is 6.61 Å². The minimum absolute atomic E-state index is 0.00581. The maximum Gasteiger partial charge on any atom is 0.260 e. The molecule has 2 aliphatic rings. The molecule has 0 bridgehead atoms. The van der Waals surface area contributed by atoms with Gasteiger partial charge in [-0.2, -0.15) is 0 Å². The van der Waals surface area contributed by atoms with E-state index in [-0.39, 0.29) is 37.0 Å². The van der Waals surface area contributed by atoms with Crippen molar-refractivity contribution in [3.63, 3.8) is 0 Å². The number of fused-ring (bicyclic) bond motifs is 1. The summed E-state index contributed by atoms with van der Waals surface area (Å²) in [5.74, 6) is 0.938. The van der Waals surface area contributed by atoms with E-state index in [0.717, 1.165) is 30.7 Å². The number of amides is 2. The first-order chi connectivity index (χ1) is 14.7. The Kier molecular flexibility index (Phi) is 6.32. The molecule has 1 aromatic carbocycles. The van der Waals surface area contributed by atoms with E-state index in [1.807, 2.05) is 40.1 Å². The largest absolute Gasteiger partial charge is 0.484 e. The van der Waals surface area contributed by atoms with Crippen LogP contribution in [0.2, 0.25) is 0 Å². The third-order valence-corrected chi connectivity index (χ3v) is 6.00. The molecule has 8 nitrogen and oxygen atoms in total. The second-order valence-corrected chi connectivity index (χ2v) is 7.80. The first-order valence-electron chi connectivity index (χ1n) is 10.4. The first-order valence-corrected chi connectivity index (χ1v) is 10.4. The average Bonchev–Trinajstić information content (AvgIpc) is 3.27. The Bertz CT molecular complexity index is 861. The number of carbonyl (C=O) groups excluding carboxylic acids is 2. The molecule has 1 unspecified atom stereocenters. The zero-order valence-corrected chi connectivity index (χ0v) is 17.3. The van der Waals surface area contributed by atoms with E-state index >= 15 is 0 Å². The van der Waals surface area contributed by atoms with Crippen LogP contribution in [0.3, 0.4) is 0 Å². The van der Waals surface area contributed by atoms with Crippen LogP contribution in [-0.4, -0.2) is 71.5 Å². The number of aromatic amines is 1. The number of carbonyl (C=O) groups is 2. The zero-order valence-electron chi connectivity index (χ0n) is 17.3. The Balaban J connectivity index is 1.38. The molecular weight excluding hydrogens is 384 g/mol. The van der Waals surface area contributed by atoms with E-state index in [9.17, 15) is 9.59 Å². The predicted octanol–water partition coefficient (Wildman–Crippen LogP) is 1.80. The number of nitrogens with zero attached hydrogens (tertiary/aromatic N) is 3. The van der Waals surface area contributed by atoms with Crippen LogP contribution in [0.25, 0.3) is 0 Å². The number of H-pyrrole nitrogens is 1. The van der Waals surface area contributed by atoms with Crippen LogP contribution in [0.4, 0.5) is 0 Å². The molecule has 0 aliphatic carbocycles. The minimum atomic E-state index is -0.0690. The van der Waals surface area contributed by atoms with Gasteiger partial charge < -0.3 is 24.3 Å². The Morgan fingerprint density at radius 2 is 1.87 bits per heavy atom. The number of hydrogen-bond acceptors (Lipinski definition) is 5. The zero-order chi connectivity index (χ0) is 20.9. The third-order valence-electron chi connectivity index (χ3n) is 6.00. The van der Waals surface area contributed by atoms with Crippen LogP contribution in [0.5, 0.6) is 5.75 Å².